The zero-order chi connectivity index (χ0) is 18.3. The smallest absolute Gasteiger partial charge is 0.242 e. The number of nitrogens with zero attached hydrogens (tertiary/aromatic N) is 1. The molecule has 0 heterocycles. The van der Waals surface area contributed by atoms with Crippen LogP contribution in [-0.4, -0.2) is 38.0 Å². The van der Waals surface area contributed by atoms with Crippen LogP contribution in [0.15, 0.2) is 29.2 Å². The zero-order valence-electron chi connectivity index (χ0n) is 15.2. The van der Waals surface area contributed by atoms with Crippen molar-refractivity contribution in [2.24, 2.45) is 5.92 Å². The molecular formula is C17H29N3O2S2. The van der Waals surface area contributed by atoms with Crippen LogP contribution in [0.1, 0.15) is 40.0 Å². The first-order valence-electron chi connectivity index (χ1n) is 8.23. The number of anilines is 1. The monoisotopic (exact) mass is 371 g/mol. The summed E-state index contributed by atoms with van der Waals surface area (Å²) in [5.74, 6) is 0.712. The minimum Gasteiger partial charge on any atom is -0.360 e. The number of rotatable bonds is 8. The first-order chi connectivity index (χ1) is 11.1. The largest absolute Gasteiger partial charge is 0.360 e. The van der Waals surface area contributed by atoms with Crippen LogP contribution in [0.3, 0.4) is 0 Å². The summed E-state index contributed by atoms with van der Waals surface area (Å²) in [7, 11) is -0.420. The van der Waals surface area contributed by atoms with Gasteiger partial charge in [-0.05, 0) is 49.7 Å². The minimum absolute atomic E-state index is 0.241. The molecule has 7 heteroatoms. The Morgan fingerprint density at radius 2 is 1.88 bits per heavy atom. The second-order valence-corrected chi connectivity index (χ2v) is 9.20. The Morgan fingerprint density at radius 1 is 1.21 bits per heavy atom. The van der Waals surface area contributed by atoms with Gasteiger partial charge in [-0.2, -0.15) is 0 Å². The van der Waals surface area contributed by atoms with Crippen LogP contribution >= 0.6 is 12.2 Å². The second-order valence-electron chi connectivity index (χ2n) is 6.64. The maximum Gasteiger partial charge on any atom is 0.242 e. The van der Waals surface area contributed by atoms with Crippen molar-refractivity contribution >= 4 is 33.0 Å². The topological polar surface area (TPSA) is 61.4 Å². The number of hydrogen-bond acceptors (Lipinski definition) is 3. The van der Waals surface area contributed by atoms with Crippen molar-refractivity contribution in [1.29, 1.82) is 0 Å². The fourth-order valence-corrected chi connectivity index (χ4v) is 3.51. The Morgan fingerprint density at radius 3 is 2.46 bits per heavy atom. The van der Waals surface area contributed by atoms with Crippen LogP contribution < -0.4 is 10.6 Å². The van der Waals surface area contributed by atoms with Crippen LogP contribution in [-0.2, 0) is 10.0 Å². The van der Waals surface area contributed by atoms with E-state index in [1.165, 1.54) is 24.8 Å². The van der Waals surface area contributed by atoms with Gasteiger partial charge in [-0.25, -0.2) is 12.7 Å². The van der Waals surface area contributed by atoms with Gasteiger partial charge >= 0.3 is 0 Å². The maximum atomic E-state index is 12.2. The third kappa shape index (κ3) is 6.75. The van der Waals surface area contributed by atoms with Gasteiger partial charge in [0.2, 0.25) is 10.0 Å². The third-order valence-corrected chi connectivity index (χ3v) is 5.70. The summed E-state index contributed by atoms with van der Waals surface area (Å²) in [4.78, 5) is 0.241. The fourth-order valence-electron chi connectivity index (χ4n) is 2.24. The van der Waals surface area contributed by atoms with E-state index in [1.54, 1.807) is 24.3 Å². The number of benzene rings is 1. The molecule has 0 saturated carbocycles. The van der Waals surface area contributed by atoms with Crippen molar-refractivity contribution in [1.82, 2.24) is 9.62 Å². The molecule has 24 heavy (non-hydrogen) atoms. The van der Waals surface area contributed by atoms with E-state index >= 15 is 0 Å². The molecule has 0 unspecified atom stereocenters. The first kappa shape index (κ1) is 20.9. The average molecular weight is 372 g/mol. The van der Waals surface area contributed by atoms with Gasteiger partial charge in [-0.3, -0.25) is 0 Å². The first-order valence-corrected chi connectivity index (χ1v) is 10.1. The van der Waals surface area contributed by atoms with E-state index in [0.717, 1.165) is 12.8 Å². The average Bonchev–Trinajstić information content (AvgIpc) is 2.46. The predicted octanol–water partition coefficient (Wildman–Crippen LogP) is 3.44. The molecule has 2 N–H and O–H groups in total. The molecule has 5 nitrogen and oxygen atoms in total. The molecule has 1 aromatic carbocycles. The quantitative estimate of drug-likeness (QED) is 0.686. The zero-order valence-corrected chi connectivity index (χ0v) is 16.8. The van der Waals surface area contributed by atoms with Crippen molar-refractivity contribution in [3.05, 3.63) is 24.3 Å². The lowest BCUT2D eigenvalue weighted by Crippen LogP contribution is -2.35. The van der Waals surface area contributed by atoms with E-state index in [-0.39, 0.29) is 10.9 Å². The molecule has 0 aromatic heterocycles. The van der Waals surface area contributed by atoms with Gasteiger partial charge in [0.05, 0.1) is 4.90 Å². The highest BCUT2D eigenvalue weighted by Crippen LogP contribution is 2.18. The van der Waals surface area contributed by atoms with Gasteiger partial charge in [-0.1, -0.05) is 32.8 Å². The van der Waals surface area contributed by atoms with E-state index in [1.807, 2.05) is 0 Å². The summed E-state index contributed by atoms with van der Waals surface area (Å²) in [5.41, 5.74) is 0.657. The lowest BCUT2D eigenvalue weighted by atomic mass is 10.0. The van der Waals surface area contributed by atoms with Crippen LogP contribution in [0.25, 0.3) is 0 Å². The van der Waals surface area contributed by atoms with Crippen LogP contribution in [0.4, 0.5) is 5.69 Å². The number of nitrogens with one attached hydrogen (secondary N) is 2. The van der Waals surface area contributed by atoms with E-state index < -0.39 is 10.0 Å². The Kier molecular flexibility index (Phi) is 8.12. The Labute approximate surface area is 151 Å². The second kappa shape index (κ2) is 9.34. The van der Waals surface area contributed by atoms with Crippen LogP contribution in [0.5, 0.6) is 0 Å². The van der Waals surface area contributed by atoms with Gasteiger partial charge in [0, 0.05) is 25.8 Å². The molecule has 0 radical (unpaired) electrons. The lowest BCUT2D eigenvalue weighted by Gasteiger charge is -2.18. The Bertz CT molecular complexity index is 643. The summed E-state index contributed by atoms with van der Waals surface area (Å²) < 4.78 is 25.5. The number of hydrogen-bond donors (Lipinski definition) is 2. The Hall–Kier alpha value is -1.18. The molecule has 0 aliphatic heterocycles. The number of thiocarbonyl (C=S) groups is 1. The maximum absolute atomic E-state index is 12.2. The van der Waals surface area contributed by atoms with Gasteiger partial charge < -0.3 is 10.6 Å². The molecule has 0 saturated heterocycles. The number of sulfonamides is 1. The molecule has 0 aliphatic carbocycles. The van der Waals surface area contributed by atoms with Crippen LogP contribution in [0.2, 0.25) is 0 Å². The minimum atomic E-state index is -3.45. The van der Waals surface area contributed by atoms with Gasteiger partial charge in [-0.15, -0.1) is 0 Å². The highest BCUT2D eigenvalue weighted by atomic mass is 32.2. The standard InChI is InChI=1S/C17H29N3O2S2/c1-13(2)8-6-9-14(3)18-17(23)19-15-10-7-11-16(12-15)24(21,22)20(4)5/h7,10-14H,6,8-9H2,1-5H3,(H2,18,19,23)/t14-/m1/s1. The highest BCUT2D eigenvalue weighted by Gasteiger charge is 2.17. The molecule has 0 aliphatic rings. The molecule has 136 valence electrons. The molecule has 0 bridgehead atoms. The molecular weight excluding hydrogens is 342 g/mol. The molecule has 0 spiro atoms. The lowest BCUT2D eigenvalue weighted by molar-refractivity contribution is 0.495. The molecule has 0 amide bonds. The third-order valence-electron chi connectivity index (χ3n) is 3.67. The SMILES string of the molecule is CC(C)CCC[C@@H](C)NC(=S)Nc1cccc(S(=O)(=O)N(C)C)c1. The highest BCUT2D eigenvalue weighted by molar-refractivity contribution is 7.89. The van der Waals surface area contributed by atoms with Crippen molar-refractivity contribution in [3.8, 4) is 0 Å². The molecule has 1 rings (SSSR count). The van der Waals surface area contributed by atoms with Crippen molar-refractivity contribution in [2.75, 3.05) is 19.4 Å². The van der Waals surface area contributed by atoms with Crippen molar-refractivity contribution < 1.29 is 8.42 Å². The summed E-state index contributed by atoms with van der Waals surface area (Å²) >= 11 is 5.32. The van der Waals surface area contributed by atoms with E-state index in [4.69, 9.17) is 12.2 Å². The van der Waals surface area contributed by atoms with Crippen LogP contribution in [0, 0.1) is 5.92 Å². The van der Waals surface area contributed by atoms with Gasteiger partial charge in [0.1, 0.15) is 0 Å². The van der Waals surface area contributed by atoms with E-state index in [0.29, 0.717) is 16.7 Å². The predicted molar refractivity (Wildman–Crippen MR) is 105 cm³/mol. The normalized spacial score (nSPS) is 13.1. The molecule has 0 fully saturated rings. The van der Waals surface area contributed by atoms with Gasteiger partial charge in [0.25, 0.3) is 0 Å². The molecule has 1 aromatic rings. The Balaban J connectivity index is 2.62. The summed E-state index contributed by atoms with van der Waals surface area (Å²) in [6.45, 7) is 6.54. The summed E-state index contributed by atoms with van der Waals surface area (Å²) in [6.07, 6.45) is 3.41. The summed E-state index contributed by atoms with van der Waals surface area (Å²) in [6, 6.07) is 6.94. The van der Waals surface area contributed by atoms with Crippen molar-refractivity contribution in [3.63, 3.8) is 0 Å². The van der Waals surface area contributed by atoms with E-state index in [2.05, 4.69) is 31.4 Å². The van der Waals surface area contributed by atoms with Crippen molar-refractivity contribution in [2.45, 2.75) is 51.0 Å². The van der Waals surface area contributed by atoms with E-state index in [9.17, 15) is 8.42 Å². The molecule has 1 atom stereocenters. The van der Waals surface area contributed by atoms with Gasteiger partial charge in [0.15, 0.2) is 5.11 Å². The fraction of sp³-hybridized carbons (Fsp3) is 0.588. The summed E-state index contributed by atoms with van der Waals surface area (Å²) in [5, 5.41) is 6.81.